The molecule has 0 aliphatic carbocycles. The van der Waals surface area contributed by atoms with Crippen LogP contribution < -0.4 is 10.1 Å². The highest BCUT2D eigenvalue weighted by Crippen LogP contribution is 2.57. The molecular weight excluding hydrogens is 595 g/mol. The van der Waals surface area contributed by atoms with Crippen LogP contribution in [0.5, 0.6) is 34.5 Å². The molecule has 0 amide bonds. The number of phenolic OH excluding ortho intramolecular Hbond substituents is 4. The van der Waals surface area contributed by atoms with Crippen molar-refractivity contribution in [1.82, 2.24) is 0 Å². The highest BCUT2D eigenvalue weighted by molar-refractivity contribution is 8.23. The van der Waals surface area contributed by atoms with Gasteiger partial charge < -0.3 is 35.2 Å². The van der Waals surface area contributed by atoms with Crippen LogP contribution in [-0.2, 0) is 10.3 Å². The van der Waals surface area contributed by atoms with Crippen LogP contribution in [0.15, 0.2) is 77.7 Å². The zero-order valence-electron chi connectivity index (χ0n) is 22.0. The Kier molecular flexibility index (Phi) is 7.56. The van der Waals surface area contributed by atoms with Gasteiger partial charge in [-0.05, 0) is 67.1 Å². The van der Waals surface area contributed by atoms with Crippen LogP contribution in [0, 0.1) is 0 Å². The summed E-state index contributed by atoms with van der Waals surface area (Å²) in [6, 6.07) is 19.6. The Morgan fingerprint density at radius 3 is 2.21 bits per heavy atom. The van der Waals surface area contributed by atoms with Crippen LogP contribution in [-0.4, -0.2) is 42.2 Å². The average molecular weight is 620 g/mol. The lowest BCUT2D eigenvalue weighted by Crippen LogP contribution is -2.32. The number of hydrogen-bond donors (Lipinski definition) is 5. The topological polar surface area (TPSA) is 128 Å². The normalized spacial score (nSPS) is 14.0. The number of benzene rings is 4. The average Bonchev–Trinajstić information content (AvgIpc) is 3.24. The summed E-state index contributed by atoms with van der Waals surface area (Å²) in [5.74, 6) is 1.51. The molecule has 6 rings (SSSR count). The van der Waals surface area contributed by atoms with Crippen LogP contribution in [0.2, 0.25) is 0 Å². The van der Waals surface area contributed by atoms with Crippen molar-refractivity contribution in [2.45, 2.75) is 23.3 Å². The molecule has 8 nitrogen and oxygen atoms in total. The van der Waals surface area contributed by atoms with Gasteiger partial charge in [-0.3, -0.25) is 0 Å². The Balaban J connectivity index is 1.14. The first-order valence-corrected chi connectivity index (χ1v) is 15.4. The van der Waals surface area contributed by atoms with Gasteiger partial charge in [0.1, 0.15) is 27.3 Å². The molecule has 4 aromatic rings. The first-order chi connectivity index (χ1) is 20.3. The SMILES string of the molecule is O=C1OC2(c3ccc(O)cc3Oc3cc(O)ccc32)c2ccc(NC(=S)SCCCCSc3cccc(O)c3O)cc21. The number of nitrogens with one attached hydrogen (secondary N) is 1. The summed E-state index contributed by atoms with van der Waals surface area (Å²) in [5, 5.41) is 42.9. The molecule has 0 aromatic heterocycles. The highest BCUT2D eigenvalue weighted by Gasteiger charge is 2.53. The van der Waals surface area contributed by atoms with Gasteiger partial charge in [-0.25, -0.2) is 4.79 Å². The number of para-hydroxylation sites is 1. The first kappa shape index (κ1) is 28.1. The van der Waals surface area contributed by atoms with Crippen LogP contribution in [0.3, 0.4) is 0 Å². The van der Waals surface area contributed by atoms with Gasteiger partial charge in [0.2, 0.25) is 0 Å². The fourth-order valence-electron chi connectivity index (χ4n) is 5.12. The van der Waals surface area contributed by atoms with Crippen molar-refractivity contribution >= 4 is 51.7 Å². The number of thioether (sulfide) groups is 2. The summed E-state index contributed by atoms with van der Waals surface area (Å²) < 4.78 is 12.7. The second-order valence-electron chi connectivity index (χ2n) is 9.73. The standard InChI is InChI=1S/C31H25NO7S3/c33-18-7-10-22-25(15-18)38-26-16-19(34)8-11-23(26)31(22)21-9-6-17(14-20(21)29(37)39-31)32-30(40)42-13-2-1-12-41-27-5-3-4-24(35)28(27)36/h3-11,14-16,33-36H,1-2,12-13H2,(H,32,40). The third-order valence-corrected chi connectivity index (χ3v) is 9.47. The van der Waals surface area contributed by atoms with E-state index in [4.69, 9.17) is 21.7 Å². The molecule has 2 aliphatic rings. The van der Waals surface area contributed by atoms with E-state index in [-0.39, 0.29) is 23.0 Å². The third kappa shape index (κ3) is 5.08. The van der Waals surface area contributed by atoms with Crippen LogP contribution in [0.4, 0.5) is 5.69 Å². The molecule has 0 radical (unpaired) electrons. The number of aromatic hydroxyl groups is 4. The van der Waals surface area contributed by atoms with Gasteiger partial charge in [0, 0.05) is 40.3 Å². The molecule has 2 aliphatic heterocycles. The molecule has 0 saturated carbocycles. The zero-order chi connectivity index (χ0) is 29.4. The number of fused-ring (bicyclic) bond motifs is 6. The van der Waals surface area contributed by atoms with Crippen molar-refractivity contribution in [3.8, 4) is 34.5 Å². The molecule has 0 fully saturated rings. The predicted octanol–water partition coefficient (Wildman–Crippen LogP) is 7.08. The molecule has 214 valence electrons. The second-order valence-corrected chi connectivity index (χ2v) is 12.6. The monoisotopic (exact) mass is 619 g/mol. The Morgan fingerprint density at radius 2 is 1.50 bits per heavy atom. The molecule has 5 N–H and O–H groups in total. The van der Waals surface area contributed by atoms with E-state index < -0.39 is 11.6 Å². The number of carbonyl (C=O) groups is 1. The maximum absolute atomic E-state index is 13.3. The minimum absolute atomic E-state index is 0.00264. The van der Waals surface area contributed by atoms with Gasteiger partial charge in [-0.2, -0.15) is 0 Å². The smallest absolute Gasteiger partial charge is 0.340 e. The number of anilines is 1. The van der Waals surface area contributed by atoms with Crippen molar-refractivity contribution in [2.24, 2.45) is 0 Å². The quantitative estimate of drug-likeness (QED) is 0.0479. The third-order valence-electron chi connectivity index (χ3n) is 7.03. The lowest BCUT2D eigenvalue weighted by molar-refractivity contribution is 0.0224. The summed E-state index contributed by atoms with van der Waals surface area (Å²) in [7, 11) is 0. The Hall–Kier alpha value is -4.06. The first-order valence-electron chi connectivity index (χ1n) is 13.1. The second kappa shape index (κ2) is 11.3. The van der Waals surface area contributed by atoms with Crippen molar-refractivity contribution in [3.05, 3.63) is 95.1 Å². The zero-order valence-corrected chi connectivity index (χ0v) is 24.4. The molecule has 0 saturated heterocycles. The van der Waals surface area contributed by atoms with Gasteiger partial charge >= 0.3 is 5.97 Å². The number of rotatable bonds is 7. The number of phenols is 4. The van der Waals surface area contributed by atoms with Crippen LogP contribution in [0.1, 0.15) is 39.9 Å². The minimum Gasteiger partial charge on any atom is -0.508 e. The van der Waals surface area contributed by atoms with E-state index in [1.807, 2.05) is 12.1 Å². The summed E-state index contributed by atoms with van der Waals surface area (Å²) in [6.07, 6.45) is 1.81. The maximum Gasteiger partial charge on any atom is 0.340 e. The van der Waals surface area contributed by atoms with Gasteiger partial charge in [0.25, 0.3) is 0 Å². The minimum atomic E-state index is -1.31. The van der Waals surface area contributed by atoms with Gasteiger partial charge in [0.15, 0.2) is 17.1 Å². The molecular formula is C31H25NO7S3. The summed E-state index contributed by atoms with van der Waals surface area (Å²) in [5.41, 5.74) is 1.47. The summed E-state index contributed by atoms with van der Waals surface area (Å²) in [4.78, 5) is 13.9. The largest absolute Gasteiger partial charge is 0.508 e. The van der Waals surface area contributed by atoms with Crippen molar-refractivity contribution < 1.29 is 34.7 Å². The Bertz CT molecular complexity index is 1670. The van der Waals surface area contributed by atoms with Gasteiger partial charge in [0.05, 0.1) is 10.5 Å². The van der Waals surface area contributed by atoms with E-state index in [0.717, 1.165) is 24.3 Å². The number of hydrogen-bond acceptors (Lipinski definition) is 10. The summed E-state index contributed by atoms with van der Waals surface area (Å²) in [6.45, 7) is 0. The molecule has 0 bridgehead atoms. The lowest BCUT2D eigenvalue weighted by Gasteiger charge is -2.36. The van der Waals surface area contributed by atoms with Gasteiger partial charge in [-0.1, -0.05) is 36.1 Å². The molecule has 0 atom stereocenters. The lowest BCUT2D eigenvalue weighted by atomic mass is 9.77. The van der Waals surface area contributed by atoms with E-state index in [2.05, 4.69) is 5.32 Å². The van der Waals surface area contributed by atoms with Crippen molar-refractivity contribution in [2.75, 3.05) is 16.8 Å². The van der Waals surface area contributed by atoms with E-state index in [9.17, 15) is 25.2 Å². The summed E-state index contributed by atoms with van der Waals surface area (Å²) >= 11 is 8.53. The Labute approximate surface area is 255 Å². The van der Waals surface area contributed by atoms with E-state index in [1.165, 1.54) is 53.9 Å². The highest BCUT2D eigenvalue weighted by atomic mass is 32.2. The number of ether oxygens (including phenoxy) is 2. The molecule has 2 heterocycles. The van der Waals surface area contributed by atoms with Crippen LogP contribution in [0.25, 0.3) is 0 Å². The fourth-order valence-corrected chi connectivity index (χ4v) is 7.19. The maximum atomic E-state index is 13.3. The van der Waals surface area contributed by atoms with Crippen LogP contribution >= 0.6 is 35.7 Å². The molecule has 42 heavy (non-hydrogen) atoms. The predicted molar refractivity (Wildman–Crippen MR) is 166 cm³/mol. The van der Waals surface area contributed by atoms with E-state index in [1.54, 1.807) is 30.3 Å². The van der Waals surface area contributed by atoms with Gasteiger partial charge in [-0.15, -0.1) is 11.8 Å². The molecule has 11 heteroatoms. The van der Waals surface area contributed by atoms with Crippen molar-refractivity contribution in [3.63, 3.8) is 0 Å². The fraction of sp³-hybridized carbons (Fsp3) is 0.161. The Morgan fingerprint density at radius 1 is 0.833 bits per heavy atom. The number of unbranched alkanes of at least 4 members (excludes halogenated alkanes) is 1. The molecule has 4 aromatic carbocycles. The van der Waals surface area contributed by atoms with Crippen molar-refractivity contribution in [1.29, 1.82) is 0 Å². The van der Waals surface area contributed by atoms with E-state index in [0.29, 0.717) is 48.7 Å². The number of carbonyl (C=O) groups excluding carboxylic acids is 1. The number of esters is 1. The molecule has 1 spiro atoms. The number of thiocarbonyl (C=S) groups is 1. The van der Waals surface area contributed by atoms with E-state index >= 15 is 0 Å². The molecule has 0 unspecified atom stereocenters.